The standard InChI is InChI=1S/C21H42O4S.Na/c1-3-5-7-9-11-13-15-17-19-21(20-25-26(22,23)24)18-16-14-12-10-8-6-4-2;/h17,19,21H,3-16,18,20H2,1-2H3,(H,22,23,24);/q;+1/p-1/b19-17+;. The molecular weight excluding hydrogens is 371 g/mol. The zero-order valence-corrected chi connectivity index (χ0v) is 20.9. The molecule has 4 nitrogen and oxygen atoms in total. The van der Waals surface area contributed by atoms with Gasteiger partial charge in [-0.25, -0.2) is 8.42 Å². The van der Waals surface area contributed by atoms with Crippen molar-refractivity contribution in [3.8, 4) is 0 Å². The van der Waals surface area contributed by atoms with Crippen LogP contribution in [0.15, 0.2) is 12.2 Å². The van der Waals surface area contributed by atoms with Crippen LogP contribution in [0.5, 0.6) is 0 Å². The van der Waals surface area contributed by atoms with Crippen molar-refractivity contribution in [3.05, 3.63) is 12.2 Å². The SMILES string of the molecule is CCCCCCCC/C=C/C(CCCCCCCCC)COS(=O)(=O)[O-].[Na+]. The third-order valence-corrected chi connectivity index (χ3v) is 5.16. The summed E-state index contributed by atoms with van der Waals surface area (Å²) in [6.07, 6.45) is 22.3. The quantitative estimate of drug-likeness (QED) is 0.107. The van der Waals surface area contributed by atoms with Crippen LogP contribution < -0.4 is 29.6 Å². The molecule has 27 heavy (non-hydrogen) atoms. The number of rotatable bonds is 19. The zero-order valence-electron chi connectivity index (χ0n) is 18.1. The molecule has 0 rings (SSSR count). The van der Waals surface area contributed by atoms with Gasteiger partial charge in [0.15, 0.2) is 0 Å². The van der Waals surface area contributed by atoms with Gasteiger partial charge in [-0.3, -0.25) is 4.18 Å². The van der Waals surface area contributed by atoms with Gasteiger partial charge < -0.3 is 4.55 Å². The fourth-order valence-electron chi connectivity index (χ4n) is 3.10. The van der Waals surface area contributed by atoms with Crippen molar-refractivity contribution >= 4 is 10.4 Å². The van der Waals surface area contributed by atoms with Gasteiger partial charge in [-0.15, -0.1) is 0 Å². The van der Waals surface area contributed by atoms with Crippen molar-refractivity contribution in [1.29, 1.82) is 0 Å². The first kappa shape index (κ1) is 29.8. The van der Waals surface area contributed by atoms with E-state index in [4.69, 9.17) is 0 Å². The van der Waals surface area contributed by atoms with Gasteiger partial charge in [0.05, 0.1) is 6.61 Å². The molecular formula is C21H41NaO4S. The third-order valence-electron chi connectivity index (χ3n) is 4.74. The van der Waals surface area contributed by atoms with Crippen molar-refractivity contribution < 1.29 is 46.7 Å². The van der Waals surface area contributed by atoms with E-state index in [9.17, 15) is 13.0 Å². The first-order valence-electron chi connectivity index (χ1n) is 10.8. The van der Waals surface area contributed by atoms with Crippen molar-refractivity contribution in [2.24, 2.45) is 5.92 Å². The zero-order chi connectivity index (χ0) is 19.5. The first-order valence-corrected chi connectivity index (χ1v) is 12.1. The van der Waals surface area contributed by atoms with Gasteiger partial charge in [0, 0.05) is 5.92 Å². The Bertz CT molecular complexity index is 424. The molecule has 0 aliphatic rings. The summed E-state index contributed by atoms with van der Waals surface area (Å²) in [5.74, 6) is 0.0226. The van der Waals surface area contributed by atoms with Crippen LogP contribution in [0.3, 0.4) is 0 Å². The second-order valence-corrected chi connectivity index (χ2v) is 8.40. The van der Waals surface area contributed by atoms with Gasteiger partial charge in [0.25, 0.3) is 0 Å². The summed E-state index contributed by atoms with van der Waals surface area (Å²) in [5, 5.41) is 0. The van der Waals surface area contributed by atoms with Crippen LogP contribution in [0.25, 0.3) is 0 Å². The fraction of sp³-hybridized carbons (Fsp3) is 0.905. The predicted molar refractivity (Wildman–Crippen MR) is 109 cm³/mol. The molecule has 0 saturated carbocycles. The summed E-state index contributed by atoms with van der Waals surface area (Å²) in [5.41, 5.74) is 0. The first-order chi connectivity index (χ1) is 12.5. The van der Waals surface area contributed by atoms with E-state index < -0.39 is 10.4 Å². The van der Waals surface area contributed by atoms with Gasteiger partial charge in [-0.1, -0.05) is 103 Å². The van der Waals surface area contributed by atoms with Crippen molar-refractivity contribution in [1.82, 2.24) is 0 Å². The summed E-state index contributed by atoms with van der Waals surface area (Å²) >= 11 is 0. The maximum Gasteiger partial charge on any atom is 1.00 e. The Kier molecular flexibility index (Phi) is 23.5. The molecule has 0 N–H and O–H groups in total. The van der Waals surface area contributed by atoms with Crippen LogP contribution in [0.4, 0.5) is 0 Å². The normalized spacial score (nSPS) is 13.0. The Morgan fingerprint density at radius 2 is 1.30 bits per heavy atom. The molecule has 156 valence electrons. The average molecular weight is 413 g/mol. The van der Waals surface area contributed by atoms with E-state index in [0.717, 1.165) is 25.7 Å². The summed E-state index contributed by atoms with van der Waals surface area (Å²) in [7, 11) is -4.60. The van der Waals surface area contributed by atoms with Crippen LogP contribution in [0.1, 0.15) is 110 Å². The molecule has 0 heterocycles. The second-order valence-electron chi connectivity index (χ2n) is 7.35. The van der Waals surface area contributed by atoms with Crippen LogP contribution in [0, 0.1) is 5.92 Å². The van der Waals surface area contributed by atoms with Gasteiger partial charge in [0.2, 0.25) is 10.4 Å². The maximum atomic E-state index is 10.7. The molecule has 0 fully saturated rings. The number of unbranched alkanes of at least 4 members (excludes halogenated alkanes) is 12. The average Bonchev–Trinajstić information content (AvgIpc) is 2.59. The van der Waals surface area contributed by atoms with Crippen molar-refractivity contribution in [2.75, 3.05) is 6.61 Å². The van der Waals surface area contributed by atoms with Crippen molar-refractivity contribution in [3.63, 3.8) is 0 Å². The smallest absolute Gasteiger partial charge is 0.726 e. The van der Waals surface area contributed by atoms with Gasteiger partial charge in [-0.05, 0) is 19.3 Å². The molecule has 0 aromatic rings. The molecule has 0 saturated heterocycles. The molecule has 0 aromatic carbocycles. The Labute approximate surface area is 191 Å². The predicted octanol–water partition coefficient (Wildman–Crippen LogP) is 3.53. The second kappa shape index (κ2) is 21.3. The third kappa shape index (κ3) is 24.6. The van der Waals surface area contributed by atoms with Gasteiger partial charge >= 0.3 is 29.6 Å². The molecule has 1 unspecified atom stereocenters. The molecule has 0 bridgehead atoms. The van der Waals surface area contributed by atoms with E-state index in [2.05, 4.69) is 24.1 Å². The molecule has 0 aliphatic carbocycles. The topological polar surface area (TPSA) is 66.4 Å². The number of hydrogen-bond acceptors (Lipinski definition) is 4. The minimum Gasteiger partial charge on any atom is -0.726 e. The molecule has 6 heteroatoms. The largest absolute Gasteiger partial charge is 1.00 e. The minimum atomic E-state index is -4.60. The number of hydrogen-bond donors (Lipinski definition) is 0. The van der Waals surface area contributed by atoms with Crippen LogP contribution in [0.2, 0.25) is 0 Å². The molecule has 0 radical (unpaired) electrons. The molecule has 0 aromatic heterocycles. The molecule has 0 aliphatic heterocycles. The Morgan fingerprint density at radius 3 is 1.81 bits per heavy atom. The number of allylic oxidation sites excluding steroid dienone is 1. The monoisotopic (exact) mass is 412 g/mol. The van der Waals surface area contributed by atoms with Crippen LogP contribution >= 0.6 is 0 Å². The summed E-state index contributed by atoms with van der Waals surface area (Å²) < 4.78 is 36.6. The molecule has 1 atom stereocenters. The van der Waals surface area contributed by atoms with E-state index >= 15 is 0 Å². The van der Waals surface area contributed by atoms with Gasteiger partial charge in [-0.2, -0.15) is 0 Å². The van der Waals surface area contributed by atoms with E-state index in [1.54, 1.807) is 0 Å². The Balaban J connectivity index is 0. The van der Waals surface area contributed by atoms with Crippen molar-refractivity contribution in [2.45, 2.75) is 110 Å². The van der Waals surface area contributed by atoms with E-state index in [0.29, 0.717) is 0 Å². The van der Waals surface area contributed by atoms with Crippen LogP contribution in [-0.2, 0) is 14.6 Å². The minimum absolute atomic E-state index is 0. The molecule has 0 amide bonds. The van der Waals surface area contributed by atoms with E-state index in [1.807, 2.05) is 6.08 Å². The fourth-order valence-corrected chi connectivity index (χ4v) is 3.44. The van der Waals surface area contributed by atoms with Gasteiger partial charge in [0.1, 0.15) is 0 Å². The van der Waals surface area contributed by atoms with E-state index in [1.165, 1.54) is 70.6 Å². The summed E-state index contributed by atoms with van der Waals surface area (Å²) in [4.78, 5) is 0. The Morgan fingerprint density at radius 1 is 0.815 bits per heavy atom. The maximum absolute atomic E-state index is 10.7. The summed E-state index contributed by atoms with van der Waals surface area (Å²) in [6, 6.07) is 0. The summed E-state index contributed by atoms with van der Waals surface area (Å²) in [6.45, 7) is 4.42. The molecule has 0 spiro atoms. The Hall–Kier alpha value is 0.610. The van der Waals surface area contributed by atoms with Crippen LogP contribution in [-0.4, -0.2) is 19.6 Å². The van der Waals surface area contributed by atoms with E-state index in [-0.39, 0.29) is 42.1 Å².